The number of alkyl halides is 3. The molecule has 1 aromatic rings. The van der Waals surface area contributed by atoms with Crippen molar-refractivity contribution in [2.45, 2.75) is 13.3 Å². The Morgan fingerprint density at radius 1 is 1.53 bits per heavy atom. The Balaban J connectivity index is 2.91. The first-order chi connectivity index (χ1) is 8.19. The maximum atomic E-state index is 12.5. The minimum absolute atomic E-state index is 0.259. The lowest BCUT2D eigenvalue weighted by atomic mass is 10.3. The van der Waals surface area contributed by atoms with Crippen LogP contribution in [0.3, 0.4) is 0 Å². The Bertz CT molecular complexity index is 339. The number of ether oxygens (including phenoxy) is 1. The Morgan fingerprint density at radius 2 is 2.29 bits per heavy atom. The molecule has 96 valence electrons. The summed E-state index contributed by atoms with van der Waals surface area (Å²) in [4.78, 5) is 5.51. The van der Waals surface area contributed by atoms with Crippen molar-refractivity contribution in [1.29, 1.82) is 0 Å². The van der Waals surface area contributed by atoms with E-state index in [1.165, 1.54) is 4.90 Å². The molecule has 6 heteroatoms. The number of halogens is 3. The fraction of sp³-hybridized carbons (Fsp3) is 0.545. The van der Waals surface area contributed by atoms with Gasteiger partial charge < -0.3 is 9.64 Å². The van der Waals surface area contributed by atoms with Crippen LogP contribution in [0.2, 0.25) is 0 Å². The second-order valence-corrected chi connectivity index (χ2v) is 3.66. The Hall–Kier alpha value is -1.10. The predicted octanol–water partition coefficient (Wildman–Crippen LogP) is 2.79. The highest BCUT2D eigenvalue weighted by molar-refractivity contribution is 6.18. The van der Waals surface area contributed by atoms with Gasteiger partial charge in [-0.3, -0.25) is 0 Å². The molecular weight excluding hydrogens is 250 g/mol. The number of pyridine rings is 1. The molecule has 0 radical (unpaired) electrons. The summed E-state index contributed by atoms with van der Waals surface area (Å²) < 4.78 is 30.3. The van der Waals surface area contributed by atoms with Gasteiger partial charge in [-0.05, 0) is 19.1 Å². The molecule has 1 aromatic heterocycles. The number of hydrogen-bond donors (Lipinski definition) is 0. The molecule has 0 N–H and O–H groups in total. The van der Waals surface area contributed by atoms with Crippen molar-refractivity contribution in [3.63, 3.8) is 0 Å². The number of hydrogen-bond acceptors (Lipinski definition) is 3. The number of rotatable bonds is 7. The number of aromatic nitrogens is 1. The monoisotopic (exact) mass is 264 g/mol. The molecule has 0 aliphatic rings. The summed E-state index contributed by atoms with van der Waals surface area (Å²) in [6.45, 7) is 2.20. The van der Waals surface area contributed by atoms with E-state index in [2.05, 4.69) is 4.98 Å². The van der Waals surface area contributed by atoms with Crippen molar-refractivity contribution in [1.82, 2.24) is 4.98 Å². The zero-order valence-corrected chi connectivity index (χ0v) is 10.3. The molecule has 0 aromatic carbocycles. The van der Waals surface area contributed by atoms with Crippen LogP contribution in [-0.2, 0) is 0 Å². The average Bonchev–Trinajstić information content (AvgIpc) is 2.29. The molecule has 1 rings (SSSR count). The summed E-state index contributed by atoms with van der Waals surface area (Å²) in [6.07, 6.45) is -0.889. The second-order valence-electron chi connectivity index (χ2n) is 3.28. The van der Waals surface area contributed by atoms with Crippen LogP contribution >= 0.6 is 11.6 Å². The lowest BCUT2D eigenvalue weighted by Gasteiger charge is -2.24. The maximum absolute atomic E-state index is 12.5. The third-order valence-corrected chi connectivity index (χ3v) is 2.23. The molecule has 0 aliphatic heterocycles. The van der Waals surface area contributed by atoms with Crippen molar-refractivity contribution in [3.8, 4) is 5.75 Å². The van der Waals surface area contributed by atoms with Gasteiger partial charge in [0.15, 0.2) is 11.6 Å². The molecule has 0 fully saturated rings. The molecule has 0 amide bonds. The maximum Gasteiger partial charge on any atom is 0.255 e. The first kappa shape index (κ1) is 14.0. The summed E-state index contributed by atoms with van der Waals surface area (Å²) in [5.74, 6) is 1.17. The lowest BCUT2D eigenvalue weighted by Crippen LogP contribution is -2.31. The van der Waals surface area contributed by atoms with Crippen molar-refractivity contribution >= 4 is 17.4 Å². The Labute approximate surface area is 104 Å². The highest BCUT2D eigenvalue weighted by Crippen LogP contribution is 2.25. The van der Waals surface area contributed by atoms with Crippen molar-refractivity contribution in [2.75, 3.05) is 30.5 Å². The predicted molar refractivity (Wildman–Crippen MR) is 64.3 cm³/mol. The normalized spacial score (nSPS) is 10.6. The van der Waals surface area contributed by atoms with Gasteiger partial charge in [0.05, 0.1) is 13.2 Å². The summed E-state index contributed by atoms with van der Waals surface area (Å²) >= 11 is 5.60. The van der Waals surface area contributed by atoms with Crippen molar-refractivity contribution < 1.29 is 13.5 Å². The lowest BCUT2D eigenvalue weighted by molar-refractivity contribution is 0.154. The molecule has 17 heavy (non-hydrogen) atoms. The molecule has 0 atom stereocenters. The van der Waals surface area contributed by atoms with Crippen LogP contribution in [0.4, 0.5) is 14.6 Å². The van der Waals surface area contributed by atoms with Crippen LogP contribution in [0, 0.1) is 0 Å². The van der Waals surface area contributed by atoms with Gasteiger partial charge >= 0.3 is 0 Å². The van der Waals surface area contributed by atoms with E-state index in [-0.39, 0.29) is 5.88 Å². The Morgan fingerprint density at radius 3 is 2.88 bits per heavy atom. The average molecular weight is 265 g/mol. The third-order valence-electron chi connectivity index (χ3n) is 2.06. The van der Waals surface area contributed by atoms with Crippen molar-refractivity contribution in [3.05, 3.63) is 18.3 Å². The summed E-state index contributed by atoms with van der Waals surface area (Å²) in [5.41, 5.74) is 0. The fourth-order valence-corrected chi connectivity index (χ4v) is 1.64. The van der Waals surface area contributed by atoms with Gasteiger partial charge in [0.25, 0.3) is 6.43 Å². The highest BCUT2D eigenvalue weighted by atomic mass is 35.5. The molecule has 0 saturated carbocycles. The van der Waals surface area contributed by atoms with Gasteiger partial charge in [-0.1, -0.05) is 0 Å². The summed E-state index contributed by atoms with van der Waals surface area (Å²) in [5, 5.41) is 0. The fourth-order valence-electron chi connectivity index (χ4n) is 1.44. The van der Waals surface area contributed by atoms with Gasteiger partial charge in [-0.25, -0.2) is 13.8 Å². The third kappa shape index (κ3) is 4.34. The molecule has 0 unspecified atom stereocenters. The number of anilines is 1. The van der Waals surface area contributed by atoms with Gasteiger partial charge in [0, 0.05) is 18.6 Å². The highest BCUT2D eigenvalue weighted by Gasteiger charge is 2.17. The van der Waals surface area contributed by atoms with E-state index in [1.807, 2.05) is 6.92 Å². The zero-order chi connectivity index (χ0) is 12.7. The molecular formula is C11H15ClF2N2O. The molecule has 0 bridgehead atoms. The smallest absolute Gasteiger partial charge is 0.255 e. The molecule has 3 nitrogen and oxygen atoms in total. The van der Waals surface area contributed by atoms with Crippen LogP contribution in [0.25, 0.3) is 0 Å². The quantitative estimate of drug-likeness (QED) is 0.708. The van der Waals surface area contributed by atoms with E-state index >= 15 is 0 Å². The molecule has 0 aliphatic carbocycles. The van der Waals surface area contributed by atoms with E-state index in [1.54, 1.807) is 18.3 Å². The van der Waals surface area contributed by atoms with E-state index < -0.39 is 13.0 Å². The summed E-state index contributed by atoms with van der Waals surface area (Å²) in [6, 6.07) is 3.41. The minimum Gasteiger partial charge on any atom is -0.490 e. The molecule has 0 saturated heterocycles. The van der Waals surface area contributed by atoms with Gasteiger partial charge in [0.1, 0.15) is 0 Å². The first-order valence-corrected chi connectivity index (χ1v) is 5.89. The van der Waals surface area contributed by atoms with E-state index in [0.717, 1.165) is 0 Å². The molecule has 0 spiro atoms. The van der Waals surface area contributed by atoms with Crippen LogP contribution in [0.1, 0.15) is 6.92 Å². The van der Waals surface area contributed by atoms with Crippen molar-refractivity contribution in [2.24, 2.45) is 0 Å². The SMILES string of the molecule is CCOc1cccnc1N(CCCl)CC(F)F. The van der Waals surface area contributed by atoms with Gasteiger partial charge in [-0.2, -0.15) is 0 Å². The minimum atomic E-state index is -2.44. The van der Waals surface area contributed by atoms with Crippen LogP contribution < -0.4 is 9.64 Å². The second kappa shape index (κ2) is 7.27. The van der Waals surface area contributed by atoms with Crippen LogP contribution in [0.15, 0.2) is 18.3 Å². The largest absolute Gasteiger partial charge is 0.490 e. The number of nitrogens with zero attached hydrogens (tertiary/aromatic N) is 2. The van der Waals surface area contributed by atoms with Crippen LogP contribution in [0.5, 0.6) is 5.75 Å². The van der Waals surface area contributed by atoms with E-state index in [0.29, 0.717) is 24.7 Å². The van der Waals surface area contributed by atoms with E-state index in [4.69, 9.17) is 16.3 Å². The Kier molecular flexibility index (Phi) is 5.97. The van der Waals surface area contributed by atoms with Gasteiger partial charge in [-0.15, -0.1) is 11.6 Å². The van der Waals surface area contributed by atoms with E-state index in [9.17, 15) is 8.78 Å². The first-order valence-electron chi connectivity index (χ1n) is 5.36. The summed E-state index contributed by atoms with van der Waals surface area (Å²) in [7, 11) is 0. The van der Waals surface area contributed by atoms with Gasteiger partial charge in [0.2, 0.25) is 0 Å². The zero-order valence-electron chi connectivity index (χ0n) is 9.57. The standard InChI is InChI=1S/C11H15ClF2N2O/c1-2-17-9-4-3-6-15-11(9)16(7-5-12)8-10(13)14/h3-4,6,10H,2,5,7-8H2,1H3. The topological polar surface area (TPSA) is 25.4 Å². The van der Waals surface area contributed by atoms with Crippen LogP contribution in [-0.4, -0.2) is 37.0 Å². The molecule has 1 heterocycles.